The van der Waals surface area contributed by atoms with Gasteiger partial charge < -0.3 is 14.8 Å². The first-order valence-corrected chi connectivity index (χ1v) is 12.9. The van der Waals surface area contributed by atoms with Gasteiger partial charge in [-0.25, -0.2) is 0 Å². The molecule has 1 aliphatic carbocycles. The SMILES string of the molecule is COc1ccc(NC(CC(=O)O[C@@H]2C[C@H](C)CC[C@H]2C(C)(C)c2ccc(I)cc2)C(F)(F)F)cc1. The molecule has 1 saturated carbocycles. The maximum atomic E-state index is 13.8. The van der Waals surface area contributed by atoms with E-state index in [0.717, 1.165) is 22.0 Å². The molecule has 1 unspecified atom stereocenters. The van der Waals surface area contributed by atoms with Crippen LogP contribution in [0.1, 0.15) is 52.0 Å². The number of nitrogens with one attached hydrogen (secondary N) is 1. The summed E-state index contributed by atoms with van der Waals surface area (Å²) in [6.45, 7) is 6.35. The maximum Gasteiger partial charge on any atom is 0.409 e. The van der Waals surface area contributed by atoms with E-state index in [-0.39, 0.29) is 17.0 Å². The minimum absolute atomic E-state index is 0.0154. The predicted molar refractivity (Wildman–Crippen MR) is 140 cm³/mol. The van der Waals surface area contributed by atoms with E-state index in [1.165, 1.54) is 19.2 Å². The average molecular weight is 603 g/mol. The summed E-state index contributed by atoms with van der Waals surface area (Å²) in [7, 11) is 1.48. The molecule has 35 heavy (non-hydrogen) atoms. The minimum atomic E-state index is -4.61. The van der Waals surface area contributed by atoms with Gasteiger partial charge in [0.2, 0.25) is 0 Å². The van der Waals surface area contributed by atoms with Gasteiger partial charge in [-0.2, -0.15) is 13.2 Å². The number of carbonyl (C=O) groups excluding carboxylic acids is 1. The highest BCUT2D eigenvalue weighted by Crippen LogP contribution is 2.44. The highest BCUT2D eigenvalue weighted by molar-refractivity contribution is 14.1. The van der Waals surface area contributed by atoms with Gasteiger partial charge in [-0.05, 0) is 88.7 Å². The van der Waals surface area contributed by atoms with Gasteiger partial charge in [-0.3, -0.25) is 4.79 Å². The van der Waals surface area contributed by atoms with Crippen LogP contribution in [0, 0.1) is 15.4 Å². The molecular weight excluding hydrogens is 570 g/mol. The van der Waals surface area contributed by atoms with Crippen LogP contribution >= 0.6 is 22.6 Å². The van der Waals surface area contributed by atoms with E-state index in [9.17, 15) is 18.0 Å². The second-order valence-electron chi connectivity index (χ2n) is 9.95. The summed E-state index contributed by atoms with van der Waals surface area (Å²) in [6, 6.07) is 12.3. The Morgan fingerprint density at radius 3 is 2.29 bits per heavy atom. The van der Waals surface area contributed by atoms with Crippen LogP contribution in [0.2, 0.25) is 0 Å². The van der Waals surface area contributed by atoms with Crippen LogP contribution in [0.3, 0.4) is 0 Å². The first-order chi connectivity index (χ1) is 16.4. The molecule has 3 rings (SSSR count). The van der Waals surface area contributed by atoms with Crippen LogP contribution in [0.25, 0.3) is 0 Å². The highest BCUT2D eigenvalue weighted by atomic mass is 127. The Morgan fingerprint density at radius 2 is 1.71 bits per heavy atom. The van der Waals surface area contributed by atoms with Crippen molar-refractivity contribution < 1.29 is 27.4 Å². The zero-order valence-electron chi connectivity index (χ0n) is 20.5. The largest absolute Gasteiger partial charge is 0.497 e. The van der Waals surface area contributed by atoms with E-state index >= 15 is 0 Å². The number of hydrogen-bond acceptors (Lipinski definition) is 4. The van der Waals surface area contributed by atoms with Crippen LogP contribution < -0.4 is 10.1 Å². The summed E-state index contributed by atoms with van der Waals surface area (Å²) in [5.41, 5.74) is 1.10. The van der Waals surface area contributed by atoms with Gasteiger partial charge in [0.25, 0.3) is 0 Å². The third kappa shape index (κ3) is 7.27. The average Bonchev–Trinajstić information content (AvgIpc) is 2.78. The quantitative estimate of drug-likeness (QED) is 0.253. The molecular formula is C27H33F3INO3. The van der Waals surface area contributed by atoms with Gasteiger partial charge in [0.1, 0.15) is 17.9 Å². The number of esters is 1. The molecule has 0 aliphatic heterocycles. The number of benzene rings is 2. The number of carbonyl (C=O) groups is 1. The monoisotopic (exact) mass is 603 g/mol. The van der Waals surface area contributed by atoms with Gasteiger partial charge in [0.05, 0.1) is 13.5 Å². The summed E-state index contributed by atoms with van der Waals surface area (Å²) in [4.78, 5) is 12.8. The van der Waals surface area contributed by atoms with Crippen molar-refractivity contribution in [2.24, 2.45) is 11.8 Å². The first-order valence-electron chi connectivity index (χ1n) is 11.8. The van der Waals surface area contributed by atoms with Crippen molar-refractivity contribution in [2.75, 3.05) is 12.4 Å². The molecule has 2 aromatic carbocycles. The molecule has 0 bridgehead atoms. The normalized spacial score (nSPS) is 21.8. The summed E-state index contributed by atoms with van der Waals surface area (Å²) >= 11 is 2.26. The van der Waals surface area contributed by atoms with Crippen molar-refractivity contribution in [3.63, 3.8) is 0 Å². The number of ether oxygens (including phenoxy) is 2. The fraction of sp³-hybridized carbons (Fsp3) is 0.519. The molecule has 8 heteroatoms. The number of anilines is 1. The minimum Gasteiger partial charge on any atom is -0.497 e. The smallest absolute Gasteiger partial charge is 0.409 e. The van der Waals surface area contributed by atoms with E-state index < -0.39 is 30.7 Å². The third-order valence-corrected chi connectivity index (χ3v) is 7.77. The van der Waals surface area contributed by atoms with Crippen molar-refractivity contribution >= 4 is 34.2 Å². The number of methoxy groups -OCH3 is 1. The Bertz CT molecular complexity index is 977. The summed E-state index contributed by atoms with van der Waals surface area (Å²) in [5, 5.41) is 2.44. The van der Waals surface area contributed by atoms with Crippen LogP contribution in [-0.4, -0.2) is 31.4 Å². The Hall–Kier alpha value is -1.97. The van der Waals surface area contributed by atoms with Gasteiger partial charge in [0.15, 0.2) is 0 Å². The van der Waals surface area contributed by atoms with Crippen LogP contribution in [0.15, 0.2) is 48.5 Å². The maximum absolute atomic E-state index is 13.8. The fourth-order valence-electron chi connectivity index (χ4n) is 4.90. The van der Waals surface area contributed by atoms with E-state index in [2.05, 4.69) is 60.8 Å². The highest BCUT2D eigenvalue weighted by Gasteiger charge is 2.44. The number of hydrogen-bond donors (Lipinski definition) is 1. The molecule has 1 aliphatic rings. The van der Waals surface area contributed by atoms with E-state index in [1.807, 2.05) is 12.1 Å². The predicted octanol–water partition coefficient (Wildman–Crippen LogP) is 7.36. The Kier molecular flexibility index (Phi) is 8.99. The summed E-state index contributed by atoms with van der Waals surface area (Å²) < 4.78 is 53.3. The second-order valence-corrected chi connectivity index (χ2v) is 11.2. The molecule has 1 N–H and O–H groups in total. The van der Waals surface area contributed by atoms with Crippen LogP contribution in [0.5, 0.6) is 5.75 Å². The standard InChI is InChI=1S/C27H33F3INO3/c1-17-5-14-22(26(2,3)18-6-8-19(31)9-7-18)23(15-17)35-25(33)16-24(27(28,29)30)32-20-10-12-21(34-4)13-11-20/h6-13,17,22-24,32H,5,14-16H2,1-4H3/t17-,22-,23-,24?/m1/s1. The molecule has 0 heterocycles. The van der Waals surface area contributed by atoms with Crippen molar-refractivity contribution in [3.8, 4) is 5.75 Å². The third-order valence-electron chi connectivity index (χ3n) is 7.05. The number of rotatable bonds is 8. The lowest BCUT2D eigenvalue weighted by atomic mass is 9.64. The Balaban J connectivity index is 1.74. The fourth-order valence-corrected chi connectivity index (χ4v) is 5.26. The Labute approximate surface area is 219 Å². The summed E-state index contributed by atoms with van der Waals surface area (Å²) in [5.74, 6) is 0.0524. The topological polar surface area (TPSA) is 47.6 Å². The first kappa shape index (κ1) is 27.6. The molecule has 1 fully saturated rings. The number of halogens is 4. The lowest BCUT2D eigenvalue weighted by Gasteiger charge is -2.44. The van der Waals surface area contributed by atoms with Gasteiger partial charge in [-0.1, -0.05) is 39.3 Å². The lowest BCUT2D eigenvalue weighted by molar-refractivity contribution is -0.169. The second kappa shape index (κ2) is 11.4. The van der Waals surface area contributed by atoms with Gasteiger partial charge >= 0.3 is 12.1 Å². The summed E-state index contributed by atoms with van der Waals surface area (Å²) in [6.07, 6.45) is -3.35. The molecule has 0 spiro atoms. The van der Waals surface area contributed by atoms with E-state index in [0.29, 0.717) is 18.1 Å². The van der Waals surface area contributed by atoms with Crippen molar-refractivity contribution in [1.82, 2.24) is 0 Å². The zero-order valence-corrected chi connectivity index (χ0v) is 22.7. The zero-order chi connectivity index (χ0) is 25.8. The molecule has 0 saturated heterocycles. The van der Waals surface area contributed by atoms with Crippen LogP contribution in [-0.2, 0) is 14.9 Å². The van der Waals surface area contributed by atoms with Gasteiger partial charge in [0, 0.05) is 15.2 Å². The molecule has 0 aromatic heterocycles. The molecule has 192 valence electrons. The van der Waals surface area contributed by atoms with Crippen molar-refractivity contribution in [3.05, 3.63) is 57.7 Å². The van der Waals surface area contributed by atoms with Crippen molar-refractivity contribution in [1.29, 1.82) is 0 Å². The van der Waals surface area contributed by atoms with Gasteiger partial charge in [-0.15, -0.1) is 0 Å². The molecule has 0 amide bonds. The molecule has 4 atom stereocenters. The van der Waals surface area contributed by atoms with E-state index in [4.69, 9.17) is 9.47 Å². The lowest BCUT2D eigenvalue weighted by Crippen LogP contribution is -2.45. The van der Waals surface area contributed by atoms with Crippen LogP contribution in [0.4, 0.5) is 18.9 Å². The van der Waals surface area contributed by atoms with Crippen molar-refractivity contribution in [2.45, 2.75) is 70.2 Å². The Morgan fingerprint density at radius 1 is 1.09 bits per heavy atom. The van der Waals surface area contributed by atoms with E-state index in [1.54, 1.807) is 12.1 Å². The number of alkyl halides is 3. The molecule has 0 radical (unpaired) electrons. The molecule has 2 aromatic rings. The molecule has 4 nitrogen and oxygen atoms in total.